The highest BCUT2D eigenvalue weighted by molar-refractivity contribution is 6.32. The average Bonchev–Trinajstić information content (AvgIpc) is 2.85. The van der Waals surface area contributed by atoms with Crippen molar-refractivity contribution < 1.29 is 19.1 Å². The third kappa shape index (κ3) is 4.37. The average molecular weight is 376 g/mol. The van der Waals surface area contributed by atoms with E-state index in [0.717, 1.165) is 12.0 Å². The first-order valence-electron chi connectivity index (χ1n) is 8.05. The van der Waals surface area contributed by atoms with Gasteiger partial charge in [0.1, 0.15) is 0 Å². The maximum atomic E-state index is 12.4. The van der Waals surface area contributed by atoms with E-state index in [0.29, 0.717) is 41.0 Å². The number of hydrogen-bond acceptors (Lipinski definition) is 4. The van der Waals surface area contributed by atoms with Crippen LogP contribution in [0, 0.1) is 0 Å². The number of urea groups is 1. The van der Waals surface area contributed by atoms with Crippen LogP contribution in [0.3, 0.4) is 0 Å². The monoisotopic (exact) mass is 375 g/mol. The highest BCUT2D eigenvalue weighted by Gasteiger charge is 2.18. The Balaban J connectivity index is 1.70. The molecule has 0 aliphatic carbocycles. The first kappa shape index (κ1) is 17.9. The lowest BCUT2D eigenvalue weighted by Gasteiger charge is -2.12. The van der Waals surface area contributed by atoms with Crippen molar-refractivity contribution in [3.8, 4) is 11.5 Å². The van der Waals surface area contributed by atoms with Gasteiger partial charge in [-0.25, -0.2) is 4.79 Å². The zero-order valence-corrected chi connectivity index (χ0v) is 14.6. The fourth-order valence-electron chi connectivity index (χ4n) is 2.55. The number of nitrogens with one attached hydrogen (secondary N) is 2. The molecule has 1 aliphatic heterocycles. The molecule has 2 aromatic rings. The molecule has 0 atom stereocenters. The lowest BCUT2D eigenvalue weighted by molar-refractivity contribution is 0.0950. The Bertz CT molecular complexity index is 841. The Hall–Kier alpha value is -2.93. The van der Waals surface area contributed by atoms with Gasteiger partial charge in [-0.3, -0.25) is 4.79 Å². The summed E-state index contributed by atoms with van der Waals surface area (Å²) in [4.78, 5) is 23.4. The molecular weight excluding hydrogens is 358 g/mol. The number of nitrogens with two attached hydrogens (primary N) is 1. The van der Waals surface area contributed by atoms with Gasteiger partial charge in [0.2, 0.25) is 0 Å². The van der Waals surface area contributed by atoms with E-state index >= 15 is 0 Å². The number of benzene rings is 2. The summed E-state index contributed by atoms with van der Waals surface area (Å²) in [5.74, 6) is 0.634. The highest BCUT2D eigenvalue weighted by Crippen LogP contribution is 2.37. The van der Waals surface area contributed by atoms with Crippen molar-refractivity contribution in [3.05, 3.63) is 52.5 Å². The standard InChI is InChI=1S/C18H18ClN3O4/c19-14-8-12(9-15-16(14)26-6-2-5-25-15)17(23)21-10-11-3-1-4-13(7-11)22-18(20)24/h1,3-4,7-9H,2,5-6,10H2,(H,21,23)(H3,20,22,24). The normalized spacial score (nSPS) is 12.8. The van der Waals surface area contributed by atoms with Crippen LogP contribution in [0.2, 0.25) is 5.02 Å². The van der Waals surface area contributed by atoms with E-state index in [1.54, 1.807) is 30.3 Å². The summed E-state index contributed by atoms with van der Waals surface area (Å²) in [6.45, 7) is 1.31. The Morgan fingerprint density at radius 2 is 1.96 bits per heavy atom. The second-order valence-corrected chi connectivity index (χ2v) is 6.12. The molecule has 26 heavy (non-hydrogen) atoms. The molecule has 0 saturated heterocycles. The van der Waals surface area contributed by atoms with Crippen LogP contribution in [0.1, 0.15) is 22.3 Å². The molecule has 1 heterocycles. The van der Waals surface area contributed by atoms with Crippen molar-refractivity contribution in [2.75, 3.05) is 18.5 Å². The molecule has 1 aliphatic rings. The minimum absolute atomic E-state index is 0.277. The van der Waals surface area contributed by atoms with Crippen molar-refractivity contribution in [2.24, 2.45) is 5.73 Å². The Labute approximate surface area is 155 Å². The number of hydrogen-bond donors (Lipinski definition) is 3. The van der Waals surface area contributed by atoms with E-state index < -0.39 is 6.03 Å². The fraction of sp³-hybridized carbons (Fsp3) is 0.222. The Morgan fingerprint density at radius 3 is 2.77 bits per heavy atom. The van der Waals surface area contributed by atoms with Crippen molar-refractivity contribution >= 4 is 29.2 Å². The van der Waals surface area contributed by atoms with Gasteiger partial charge in [-0.15, -0.1) is 0 Å². The van der Waals surface area contributed by atoms with E-state index in [9.17, 15) is 9.59 Å². The lowest BCUT2D eigenvalue weighted by atomic mass is 10.1. The van der Waals surface area contributed by atoms with Crippen LogP contribution in [0.25, 0.3) is 0 Å². The van der Waals surface area contributed by atoms with Crippen LogP contribution < -0.4 is 25.8 Å². The number of anilines is 1. The van der Waals surface area contributed by atoms with Crippen molar-refractivity contribution in [2.45, 2.75) is 13.0 Å². The van der Waals surface area contributed by atoms with Crippen molar-refractivity contribution in [1.82, 2.24) is 5.32 Å². The summed E-state index contributed by atoms with van der Waals surface area (Å²) in [5, 5.41) is 5.63. The molecule has 0 saturated carbocycles. The van der Waals surface area contributed by atoms with Crippen LogP contribution in [0.5, 0.6) is 11.5 Å². The van der Waals surface area contributed by atoms with Crippen LogP contribution in [-0.4, -0.2) is 25.2 Å². The molecule has 0 fully saturated rings. The SMILES string of the molecule is NC(=O)Nc1cccc(CNC(=O)c2cc(Cl)c3c(c2)OCCCO3)c1. The molecule has 0 unspecified atom stereocenters. The summed E-state index contributed by atoms with van der Waals surface area (Å²) in [7, 11) is 0. The maximum Gasteiger partial charge on any atom is 0.316 e. The second-order valence-electron chi connectivity index (χ2n) is 5.71. The van der Waals surface area contributed by atoms with Crippen LogP contribution in [0.4, 0.5) is 10.5 Å². The maximum absolute atomic E-state index is 12.4. The molecule has 0 aromatic heterocycles. The Kier molecular flexibility index (Phi) is 5.48. The molecule has 7 nitrogen and oxygen atoms in total. The van der Waals surface area contributed by atoms with Gasteiger partial charge in [0, 0.05) is 24.2 Å². The van der Waals surface area contributed by atoms with Gasteiger partial charge in [-0.05, 0) is 29.8 Å². The number of carbonyl (C=O) groups is 2. The van der Waals surface area contributed by atoms with Gasteiger partial charge >= 0.3 is 6.03 Å². The zero-order chi connectivity index (χ0) is 18.5. The summed E-state index contributed by atoms with van der Waals surface area (Å²) in [5.41, 5.74) is 6.85. The third-order valence-electron chi connectivity index (χ3n) is 3.71. The van der Waals surface area contributed by atoms with Gasteiger partial charge in [0.05, 0.1) is 18.2 Å². The van der Waals surface area contributed by atoms with E-state index in [2.05, 4.69) is 10.6 Å². The minimum atomic E-state index is -0.645. The molecule has 3 rings (SSSR count). The smallest absolute Gasteiger partial charge is 0.316 e. The van der Waals surface area contributed by atoms with Gasteiger partial charge in [-0.2, -0.15) is 0 Å². The first-order valence-corrected chi connectivity index (χ1v) is 8.43. The minimum Gasteiger partial charge on any atom is -0.489 e. The molecular formula is C18H18ClN3O4. The van der Waals surface area contributed by atoms with Gasteiger partial charge in [0.25, 0.3) is 5.91 Å². The van der Waals surface area contributed by atoms with Crippen molar-refractivity contribution in [1.29, 1.82) is 0 Å². The van der Waals surface area contributed by atoms with Crippen LogP contribution in [0.15, 0.2) is 36.4 Å². The predicted octanol–water partition coefficient (Wildman–Crippen LogP) is 2.92. The Morgan fingerprint density at radius 1 is 1.15 bits per heavy atom. The summed E-state index contributed by atoms with van der Waals surface area (Å²) in [6.07, 6.45) is 0.752. The molecule has 0 spiro atoms. The lowest BCUT2D eigenvalue weighted by Crippen LogP contribution is -2.23. The number of fused-ring (bicyclic) bond motifs is 1. The number of halogens is 1. The largest absolute Gasteiger partial charge is 0.489 e. The molecule has 4 N–H and O–H groups in total. The topological polar surface area (TPSA) is 103 Å². The molecule has 136 valence electrons. The predicted molar refractivity (Wildman–Crippen MR) is 97.9 cm³/mol. The number of rotatable bonds is 4. The second kappa shape index (κ2) is 7.97. The number of primary amides is 1. The molecule has 0 bridgehead atoms. The third-order valence-corrected chi connectivity index (χ3v) is 3.99. The summed E-state index contributed by atoms with van der Waals surface area (Å²) in [6, 6.07) is 9.55. The van der Waals surface area contributed by atoms with Crippen LogP contribution in [-0.2, 0) is 6.54 Å². The van der Waals surface area contributed by atoms with E-state index in [4.69, 9.17) is 26.8 Å². The van der Waals surface area contributed by atoms with E-state index in [1.807, 2.05) is 6.07 Å². The van der Waals surface area contributed by atoms with Gasteiger partial charge in [0.15, 0.2) is 11.5 Å². The van der Waals surface area contributed by atoms with Crippen LogP contribution >= 0.6 is 11.6 Å². The number of carbonyl (C=O) groups excluding carboxylic acids is 2. The molecule has 8 heteroatoms. The van der Waals surface area contributed by atoms with E-state index in [-0.39, 0.29) is 12.5 Å². The number of ether oxygens (including phenoxy) is 2. The quantitative estimate of drug-likeness (QED) is 0.764. The molecule has 3 amide bonds. The zero-order valence-electron chi connectivity index (χ0n) is 13.9. The van der Waals surface area contributed by atoms with E-state index in [1.165, 1.54) is 0 Å². The van der Waals surface area contributed by atoms with Crippen molar-refractivity contribution in [3.63, 3.8) is 0 Å². The van der Waals surface area contributed by atoms with Gasteiger partial charge < -0.3 is 25.8 Å². The highest BCUT2D eigenvalue weighted by atomic mass is 35.5. The fourth-order valence-corrected chi connectivity index (χ4v) is 2.81. The first-order chi connectivity index (χ1) is 12.5. The summed E-state index contributed by atoms with van der Waals surface area (Å²) < 4.78 is 11.1. The molecule has 2 aromatic carbocycles. The summed E-state index contributed by atoms with van der Waals surface area (Å²) >= 11 is 6.21. The number of amides is 3. The van der Waals surface area contributed by atoms with Gasteiger partial charge in [-0.1, -0.05) is 23.7 Å². The molecule has 0 radical (unpaired) electrons.